The highest BCUT2D eigenvalue weighted by molar-refractivity contribution is 9.10. The van der Waals surface area contributed by atoms with E-state index >= 15 is 0 Å². The van der Waals surface area contributed by atoms with Crippen molar-refractivity contribution < 1.29 is 0 Å². The largest absolute Gasteiger partial charge is 0.342 e. The van der Waals surface area contributed by atoms with Crippen LogP contribution in [0.1, 0.15) is 30.5 Å². The zero-order chi connectivity index (χ0) is 15.5. The molecular formula is C17H20BrN3O. The van der Waals surface area contributed by atoms with E-state index in [0.717, 1.165) is 34.8 Å². The number of aryl methyl sites for hydroxylation is 1. The van der Waals surface area contributed by atoms with Gasteiger partial charge in [0.25, 0.3) is 5.56 Å². The molecule has 1 fully saturated rings. The predicted octanol–water partition coefficient (Wildman–Crippen LogP) is 3.35. The second-order valence-electron chi connectivity index (χ2n) is 5.80. The summed E-state index contributed by atoms with van der Waals surface area (Å²) >= 11 is 3.44. The molecular weight excluding hydrogens is 342 g/mol. The third-order valence-corrected chi connectivity index (χ3v) is 4.54. The van der Waals surface area contributed by atoms with Gasteiger partial charge in [-0.2, -0.15) is 0 Å². The Morgan fingerprint density at radius 1 is 1.14 bits per heavy atom. The highest BCUT2D eigenvalue weighted by atomic mass is 79.9. The number of nitrogens with zero attached hydrogens (tertiary/aromatic N) is 3. The number of aromatic nitrogens is 2. The van der Waals surface area contributed by atoms with Crippen LogP contribution in [0, 0.1) is 6.92 Å². The Hall–Kier alpha value is -1.62. The van der Waals surface area contributed by atoms with Gasteiger partial charge in [0, 0.05) is 29.3 Å². The van der Waals surface area contributed by atoms with E-state index < -0.39 is 0 Å². The van der Waals surface area contributed by atoms with E-state index in [0.29, 0.717) is 6.54 Å². The van der Waals surface area contributed by atoms with Crippen molar-refractivity contribution in [1.29, 1.82) is 0 Å². The summed E-state index contributed by atoms with van der Waals surface area (Å²) in [4.78, 5) is 19.4. The summed E-state index contributed by atoms with van der Waals surface area (Å²) in [6.07, 6.45) is 3.60. The molecule has 0 unspecified atom stereocenters. The van der Waals surface area contributed by atoms with E-state index in [9.17, 15) is 4.79 Å². The molecule has 0 bridgehead atoms. The lowest BCUT2D eigenvalue weighted by Gasteiger charge is -2.29. The molecule has 4 nitrogen and oxygen atoms in total. The summed E-state index contributed by atoms with van der Waals surface area (Å²) in [7, 11) is 0. The minimum atomic E-state index is 0.0241. The van der Waals surface area contributed by atoms with Crippen LogP contribution in [0.5, 0.6) is 0 Å². The molecule has 22 heavy (non-hydrogen) atoms. The second-order valence-corrected chi connectivity index (χ2v) is 6.71. The molecule has 0 radical (unpaired) electrons. The van der Waals surface area contributed by atoms with Gasteiger partial charge in [-0.05, 0) is 43.9 Å². The molecule has 2 aromatic rings. The molecule has 0 saturated carbocycles. The summed E-state index contributed by atoms with van der Waals surface area (Å²) in [6, 6.07) is 9.70. The van der Waals surface area contributed by atoms with Crippen molar-refractivity contribution in [2.45, 2.75) is 32.7 Å². The van der Waals surface area contributed by atoms with Crippen molar-refractivity contribution in [3.63, 3.8) is 0 Å². The van der Waals surface area contributed by atoms with Gasteiger partial charge in [0.2, 0.25) is 5.95 Å². The average Bonchev–Trinajstić information content (AvgIpc) is 2.52. The van der Waals surface area contributed by atoms with Gasteiger partial charge in [-0.15, -0.1) is 0 Å². The standard InChI is InChI=1S/C17H20BrN3O/c1-13-11-16(22)21(12-14-5-7-15(18)8-6-14)17(19-13)20-9-3-2-4-10-20/h5-8,11H,2-4,9-10,12H2,1H3. The van der Waals surface area contributed by atoms with Gasteiger partial charge in [0.15, 0.2) is 0 Å². The maximum absolute atomic E-state index is 12.5. The minimum absolute atomic E-state index is 0.0241. The number of anilines is 1. The highest BCUT2D eigenvalue weighted by Gasteiger charge is 2.17. The van der Waals surface area contributed by atoms with E-state index in [4.69, 9.17) is 0 Å². The lowest BCUT2D eigenvalue weighted by atomic mass is 10.1. The molecule has 2 heterocycles. The van der Waals surface area contributed by atoms with Crippen LogP contribution in [-0.4, -0.2) is 22.6 Å². The molecule has 1 aliphatic rings. The van der Waals surface area contributed by atoms with Crippen LogP contribution in [0.15, 0.2) is 39.6 Å². The Morgan fingerprint density at radius 3 is 2.50 bits per heavy atom. The lowest BCUT2D eigenvalue weighted by Crippen LogP contribution is -2.36. The van der Waals surface area contributed by atoms with Gasteiger partial charge in [-0.3, -0.25) is 9.36 Å². The van der Waals surface area contributed by atoms with Crippen LogP contribution in [-0.2, 0) is 6.54 Å². The summed E-state index contributed by atoms with van der Waals surface area (Å²) in [6.45, 7) is 4.41. The molecule has 1 aromatic carbocycles. The molecule has 0 spiro atoms. The monoisotopic (exact) mass is 361 g/mol. The van der Waals surface area contributed by atoms with Crippen LogP contribution in [0.3, 0.4) is 0 Å². The predicted molar refractivity (Wildman–Crippen MR) is 92.5 cm³/mol. The van der Waals surface area contributed by atoms with Crippen molar-refractivity contribution in [3.8, 4) is 0 Å². The van der Waals surface area contributed by atoms with Gasteiger partial charge < -0.3 is 4.90 Å². The molecule has 116 valence electrons. The zero-order valence-corrected chi connectivity index (χ0v) is 14.3. The Bertz CT molecular complexity index is 703. The Labute approximate surface area is 138 Å². The number of hydrogen-bond acceptors (Lipinski definition) is 3. The third kappa shape index (κ3) is 3.40. The molecule has 1 aromatic heterocycles. The van der Waals surface area contributed by atoms with Gasteiger partial charge >= 0.3 is 0 Å². The molecule has 1 aliphatic heterocycles. The van der Waals surface area contributed by atoms with Crippen LogP contribution in [0.4, 0.5) is 5.95 Å². The number of halogens is 1. The fourth-order valence-electron chi connectivity index (χ4n) is 2.86. The Balaban J connectivity index is 1.97. The molecule has 1 saturated heterocycles. The molecule has 0 amide bonds. The highest BCUT2D eigenvalue weighted by Crippen LogP contribution is 2.18. The smallest absolute Gasteiger partial charge is 0.255 e. The first-order chi connectivity index (χ1) is 10.6. The number of rotatable bonds is 3. The van der Waals surface area contributed by atoms with Crippen molar-refractivity contribution >= 4 is 21.9 Å². The van der Waals surface area contributed by atoms with Crippen LogP contribution >= 0.6 is 15.9 Å². The van der Waals surface area contributed by atoms with Gasteiger partial charge in [0.05, 0.1) is 6.54 Å². The van der Waals surface area contributed by atoms with Gasteiger partial charge in [-0.25, -0.2) is 4.98 Å². The number of benzene rings is 1. The summed E-state index contributed by atoms with van der Waals surface area (Å²) < 4.78 is 2.84. The SMILES string of the molecule is Cc1cc(=O)n(Cc2ccc(Br)cc2)c(N2CCCCC2)n1. The molecule has 0 aliphatic carbocycles. The number of hydrogen-bond donors (Lipinski definition) is 0. The van der Waals surface area contributed by atoms with E-state index in [2.05, 4.69) is 25.8 Å². The topological polar surface area (TPSA) is 38.1 Å². The maximum Gasteiger partial charge on any atom is 0.255 e. The minimum Gasteiger partial charge on any atom is -0.342 e. The molecule has 3 rings (SSSR count). The van der Waals surface area contributed by atoms with E-state index in [1.807, 2.05) is 31.2 Å². The van der Waals surface area contributed by atoms with Crippen LogP contribution < -0.4 is 10.5 Å². The quantitative estimate of drug-likeness (QED) is 0.841. The summed E-state index contributed by atoms with van der Waals surface area (Å²) in [5.74, 6) is 0.813. The Morgan fingerprint density at radius 2 is 1.82 bits per heavy atom. The van der Waals surface area contributed by atoms with Gasteiger partial charge in [-0.1, -0.05) is 28.1 Å². The van der Waals surface area contributed by atoms with Crippen molar-refractivity contribution in [3.05, 3.63) is 56.4 Å². The first kappa shape index (κ1) is 15.3. The van der Waals surface area contributed by atoms with Gasteiger partial charge in [0.1, 0.15) is 0 Å². The van der Waals surface area contributed by atoms with Crippen LogP contribution in [0.25, 0.3) is 0 Å². The maximum atomic E-state index is 12.5. The summed E-state index contributed by atoms with van der Waals surface area (Å²) in [5, 5.41) is 0. The first-order valence-corrected chi connectivity index (χ1v) is 8.51. The van der Waals surface area contributed by atoms with Crippen molar-refractivity contribution in [2.75, 3.05) is 18.0 Å². The number of piperidine rings is 1. The van der Waals surface area contributed by atoms with E-state index in [1.165, 1.54) is 19.3 Å². The lowest BCUT2D eigenvalue weighted by molar-refractivity contribution is 0.550. The second kappa shape index (κ2) is 6.65. The van der Waals surface area contributed by atoms with E-state index in [1.54, 1.807) is 10.6 Å². The normalized spacial score (nSPS) is 15.1. The van der Waals surface area contributed by atoms with Crippen molar-refractivity contribution in [1.82, 2.24) is 9.55 Å². The van der Waals surface area contributed by atoms with Crippen LogP contribution in [0.2, 0.25) is 0 Å². The first-order valence-electron chi connectivity index (χ1n) is 7.71. The zero-order valence-electron chi connectivity index (χ0n) is 12.8. The summed E-state index contributed by atoms with van der Waals surface area (Å²) in [5.41, 5.74) is 1.92. The fourth-order valence-corrected chi connectivity index (χ4v) is 3.13. The fraction of sp³-hybridized carbons (Fsp3) is 0.412. The third-order valence-electron chi connectivity index (χ3n) is 4.01. The molecule has 5 heteroatoms. The van der Waals surface area contributed by atoms with Crippen molar-refractivity contribution in [2.24, 2.45) is 0 Å². The molecule has 0 N–H and O–H groups in total. The Kier molecular flexibility index (Phi) is 4.62. The average molecular weight is 362 g/mol. The molecule has 0 atom stereocenters. The van der Waals surface area contributed by atoms with E-state index in [-0.39, 0.29) is 5.56 Å².